The number of amidine groups is 1. The van der Waals surface area contributed by atoms with Gasteiger partial charge in [0.05, 0.1) is 0 Å². The second-order valence-corrected chi connectivity index (χ2v) is 1.47. The van der Waals surface area contributed by atoms with E-state index in [4.69, 9.17) is 5.73 Å². The third-order valence-corrected chi connectivity index (χ3v) is 0.814. The number of hydrazone groups is 1. The highest BCUT2D eigenvalue weighted by Crippen LogP contribution is 1.85. The molecule has 5 nitrogen and oxygen atoms in total. The summed E-state index contributed by atoms with van der Waals surface area (Å²) in [4.78, 5) is 9.97. The van der Waals surface area contributed by atoms with Gasteiger partial charge >= 0.3 is 0 Å². The zero-order valence-electron chi connectivity index (χ0n) is 4.61. The van der Waals surface area contributed by atoms with Gasteiger partial charge in [0.1, 0.15) is 5.84 Å². The van der Waals surface area contributed by atoms with Gasteiger partial charge in [-0.15, -0.1) is 5.10 Å². The highest BCUT2D eigenvalue weighted by atomic mass is 16.1. The van der Waals surface area contributed by atoms with Gasteiger partial charge < -0.3 is 5.73 Å². The number of nitrogens with zero attached hydrogens (tertiary/aromatic N) is 2. The molecule has 9 heavy (non-hydrogen) atoms. The van der Waals surface area contributed by atoms with Crippen LogP contribution in [0.15, 0.2) is 17.4 Å². The van der Waals surface area contributed by atoms with Crippen molar-refractivity contribution in [2.45, 2.75) is 0 Å². The lowest BCUT2D eigenvalue weighted by molar-refractivity contribution is -0.118. The number of hydrazine groups is 1. The molecule has 0 bridgehead atoms. The van der Waals surface area contributed by atoms with Crippen LogP contribution in [0.3, 0.4) is 0 Å². The largest absolute Gasteiger partial charge is 0.382 e. The first-order valence-corrected chi connectivity index (χ1v) is 2.33. The molecule has 0 saturated heterocycles. The second kappa shape index (κ2) is 2.17. The van der Waals surface area contributed by atoms with Crippen molar-refractivity contribution >= 4 is 12.2 Å². The summed E-state index contributed by atoms with van der Waals surface area (Å²) in [5.41, 5.74) is 7.57. The Bertz CT molecular complexity index is 173. The second-order valence-electron chi connectivity index (χ2n) is 1.47. The maximum absolute atomic E-state index is 9.97. The molecule has 48 valence electrons. The predicted octanol–water partition coefficient (Wildman–Crippen LogP) is -1.25. The van der Waals surface area contributed by atoms with Crippen molar-refractivity contribution in [3.63, 3.8) is 0 Å². The highest BCUT2D eigenvalue weighted by Gasteiger charge is 1.97. The fourth-order valence-electron chi connectivity index (χ4n) is 0.401. The molecule has 0 aromatic heterocycles. The molecule has 5 heteroatoms. The fraction of sp³-hybridized carbons (Fsp3) is 0. The lowest BCUT2D eigenvalue weighted by atomic mass is 10.5. The Balaban J connectivity index is 2.58. The van der Waals surface area contributed by atoms with Gasteiger partial charge in [-0.2, -0.15) is 0 Å². The smallest absolute Gasteiger partial charge is 0.233 e. The molecule has 0 fully saturated rings. The van der Waals surface area contributed by atoms with Gasteiger partial charge in [0, 0.05) is 12.3 Å². The van der Waals surface area contributed by atoms with E-state index in [1.165, 1.54) is 12.3 Å². The molecular weight excluding hydrogens is 120 g/mol. The Labute approximate surface area is 51.8 Å². The van der Waals surface area contributed by atoms with E-state index in [-0.39, 0.29) is 0 Å². The Morgan fingerprint density at radius 3 is 3.11 bits per heavy atom. The average Bonchev–Trinajstić information content (AvgIpc) is 1.90. The lowest BCUT2D eigenvalue weighted by Crippen LogP contribution is -2.33. The van der Waals surface area contributed by atoms with Gasteiger partial charge in [-0.1, -0.05) is 0 Å². The Kier molecular flexibility index (Phi) is 1.35. The van der Waals surface area contributed by atoms with E-state index < -0.39 is 0 Å². The Morgan fingerprint density at radius 2 is 2.67 bits per heavy atom. The van der Waals surface area contributed by atoms with Crippen molar-refractivity contribution in [1.29, 1.82) is 0 Å². The van der Waals surface area contributed by atoms with Crippen LogP contribution in [-0.2, 0) is 4.79 Å². The van der Waals surface area contributed by atoms with Gasteiger partial charge in [-0.3, -0.25) is 4.79 Å². The molecular formula is C4H6N4O. The third kappa shape index (κ3) is 1.18. The van der Waals surface area contributed by atoms with Crippen LogP contribution in [0.2, 0.25) is 0 Å². The van der Waals surface area contributed by atoms with Crippen LogP contribution in [0.4, 0.5) is 0 Å². The van der Waals surface area contributed by atoms with Crippen LogP contribution in [0.25, 0.3) is 0 Å². The number of hydrogen-bond acceptors (Lipinski definition) is 4. The molecule has 0 radical (unpaired) electrons. The summed E-state index contributed by atoms with van der Waals surface area (Å²) in [6.07, 6.45) is 3.59. The van der Waals surface area contributed by atoms with Crippen LogP contribution in [0.5, 0.6) is 0 Å². The number of carbonyl (C=O) groups excluding carboxylic acids is 1. The zero-order valence-corrected chi connectivity index (χ0v) is 4.61. The third-order valence-electron chi connectivity index (χ3n) is 0.814. The van der Waals surface area contributed by atoms with Crippen molar-refractivity contribution in [3.8, 4) is 0 Å². The van der Waals surface area contributed by atoms with E-state index in [2.05, 4.69) is 10.6 Å². The number of carbonyl (C=O) groups is 1. The van der Waals surface area contributed by atoms with Gasteiger partial charge in [-0.05, 0) is 0 Å². The van der Waals surface area contributed by atoms with Gasteiger partial charge in [0.2, 0.25) is 6.41 Å². The zero-order chi connectivity index (χ0) is 6.69. The standard InChI is InChI=1S/C4H6N4O/c5-4-1-2-8(3-9)7-6-4/h1-3,7H,(H2,5,6). The maximum Gasteiger partial charge on any atom is 0.233 e. The summed E-state index contributed by atoms with van der Waals surface area (Å²) >= 11 is 0. The Hall–Kier alpha value is -1.52. The molecule has 0 saturated carbocycles. The summed E-state index contributed by atoms with van der Waals surface area (Å²) in [7, 11) is 0. The predicted molar refractivity (Wildman–Crippen MR) is 31.8 cm³/mol. The highest BCUT2D eigenvalue weighted by molar-refractivity contribution is 5.91. The van der Waals surface area contributed by atoms with E-state index in [9.17, 15) is 4.79 Å². The molecule has 3 N–H and O–H groups in total. The number of hydrogen-bond donors (Lipinski definition) is 2. The summed E-state index contributed by atoms with van der Waals surface area (Å²) < 4.78 is 0. The molecule has 1 aliphatic heterocycles. The molecule has 0 spiro atoms. The molecule has 0 unspecified atom stereocenters. The first-order valence-electron chi connectivity index (χ1n) is 2.33. The summed E-state index contributed by atoms with van der Waals surface area (Å²) in [6, 6.07) is 0. The van der Waals surface area contributed by atoms with Crippen molar-refractivity contribution in [2.24, 2.45) is 10.8 Å². The summed E-state index contributed by atoms with van der Waals surface area (Å²) in [6.45, 7) is 0. The molecule has 0 aromatic rings. The number of rotatable bonds is 1. The van der Waals surface area contributed by atoms with Crippen LogP contribution >= 0.6 is 0 Å². The van der Waals surface area contributed by atoms with E-state index in [0.29, 0.717) is 12.2 Å². The summed E-state index contributed by atoms with van der Waals surface area (Å²) in [5.74, 6) is 0.355. The number of amides is 1. The molecule has 0 aliphatic carbocycles. The van der Waals surface area contributed by atoms with Gasteiger partial charge in [0.25, 0.3) is 0 Å². The van der Waals surface area contributed by atoms with E-state index in [1.807, 2.05) is 0 Å². The number of nitrogens with two attached hydrogens (primary N) is 1. The maximum atomic E-state index is 9.97. The first-order chi connectivity index (χ1) is 4.33. The van der Waals surface area contributed by atoms with Crippen molar-refractivity contribution in [3.05, 3.63) is 12.3 Å². The van der Waals surface area contributed by atoms with E-state index in [0.717, 1.165) is 5.01 Å². The topological polar surface area (TPSA) is 70.7 Å². The van der Waals surface area contributed by atoms with Crippen LogP contribution in [-0.4, -0.2) is 17.3 Å². The monoisotopic (exact) mass is 126 g/mol. The quantitative estimate of drug-likeness (QED) is 0.431. The molecule has 0 aromatic carbocycles. The van der Waals surface area contributed by atoms with Crippen molar-refractivity contribution in [2.75, 3.05) is 0 Å². The molecule has 1 aliphatic rings. The van der Waals surface area contributed by atoms with E-state index >= 15 is 0 Å². The summed E-state index contributed by atoms with van der Waals surface area (Å²) in [5, 5.41) is 4.68. The lowest BCUT2D eigenvalue weighted by Gasteiger charge is -2.13. The minimum absolute atomic E-state index is 0.355. The molecule has 1 amide bonds. The first kappa shape index (κ1) is 5.61. The van der Waals surface area contributed by atoms with Crippen LogP contribution in [0.1, 0.15) is 0 Å². The minimum atomic E-state index is 0.355. The molecule has 1 heterocycles. The fourth-order valence-corrected chi connectivity index (χ4v) is 0.401. The SMILES string of the molecule is NC1=NNN(C=O)C=C1. The minimum Gasteiger partial charge on any atom is -0.382 e. The van der Waals surface area contributed by atoms with Crippen molar-refractivity contribution in [1.82, 2.24) is 10.5 Å². The normalized spacial score (nSPS) is 16.4. The van der Waals surface area contributed by atoms with Gasteiger partial charge in [0.15, 0.2) is 0 Å². The molecule has 1 rings (SSSR count). The average molecular weight is 126 g/mol. The van der Waals surface area contributed by atoms with Crippen LogP contribution in [0, 0.1) is 0 Å². The van der Waals surface area contributed by atoms with Crippen LogP contribution < -0.4 is 11.3 Å². The van der Waals surface area contributed by atoms with Gasteiger partial charge in [-0.25, -0.2) is 10.5 Å². The molecule has 0 atom stereocenters. The number of nitrogens with one attached hydrogen (secondary N) is 1. The van der Waals surface area contributed by atoms with E-state index in [1.54, 1.807) is 0 Å². The van der Waals surface area contributed by atoms with Crippen molar-refractivity contribution < 1.29 is 4.79 Å². The Morgan fingerprint density at radius 1 is 1.89 bits per heavy atom.